The van der Waals surface area contributed by atoms with Crippen LogP contribution in [-0.4, -0.2) is 41.8 Å². The number of hydrogen-bond acceptors (Lipinski definition) is 5. The third kappa shape index (κ3) is 6.56. The molecule has 2 N–H and O–H groups in total. The van der Waals surface area contributed by atoms with E-state index in [-0.39, 0.29) is 28.7 Å². The SMILES string of the molecule is COc1ccc2ccccc2c1-c1c(O)c(C=N[C@@H]2CCCC[C@H]2N=Cc2cc(C(C)(C)C)cc(C(C)(C)C)c2O)cc2ccccc12. The highest BCUT2D eigenvalue weighted by Crippen LogP contribution is 2.46. The first kappa shape index (κ1) is 33.3. The van der Waals surface area contributed by atoms with Crippen molar-refractivity contribution in [3.8, 4) is 28.4 Å². The van der Waals surface area contributed by atoms with Crippen molar-refractivity contribution in [3.05, 3.63) is 101 Å². The maximum absolute atomic E-state index is 12.0. The van der Waals surface area contributed by atoms with Crippen molar-refractivity contribution < 1.29 is 14.9 Å². The number of hydrogen-bond donors (Lipinski definition) is 2. The lowest BCUT2D eigenvalue weighted by atomic mass is 9.79. The third-order valence-corrected chi connectivity index (χ3v) is 9.73. The molecule has 1 aliphatic rings. The van der Waals surface area contributed by atoms with Gasteiger partial charge in [0.25, 0.3) is 0 Å². The summed E-state index contributed by atoms with van der Waals surface area (Å²) < 4.78 is 5.87. The van der Waals surface area contributed by atoms with Crippen LogP contribution < -0.4 is 4.74 Å². The number of ether oxygens (including phenoxy) is 1. The summed E-state index contributed by atoms with van der Waals surface area (Å²) in [4.78, 5) is 10.2. The van der Waals surface area contributed by atoms with Crippen molar-refractivity contribution in [1.29, 1.82) is 0 Å². The van der Waals surface area contributed by atoms with Crippen LogP contribution in [0.2, 0.25) is 0 Å². The number of benzene rings is 5. The molecule has 2 atom stereocenters. The van der Waals surface area contributed by atoms with Crippen LogP contribution in [0.15, 0.2) is 88.8 Å². The Kier molecular flexibility index (Phi) is 9.08. The molecule has 0 spiro atoms. The lowest BCUT2D eigenvalue weighted by molar-refractivity contribution is 0.390. The molecule has 48 heavy (non-hydrogen) atoms. The van der Waals surface area contributed by atoms with Crippen molar-refractivity contribution in [2.75, 3.05) is 7.11 Å². The van der Waals surface area contributed by atoms with Crippen LogP contribution in [0.3, 0.4) is 0 Å². The molecule has 0 unspecified atom stereocenters. The molecule has 5 nitrogen and oxygen atoms in total. The van der Waals surface area contributed by atoms with Crippen LogP contribution in [-0.2, 0) is 10.8 Å². The fourth-order valence-corrected chi connectivity index (χ4v) is 6.94. The fraction of sp³-hybridized carbons (Fsp3) is 0.349. The number of phenolic OH excluding ortho intramolecular Hbond substituents is 2. The number of rotatable bonds is 6. The van der Waals surface area contributed by atoms with Gasteiger partial charge < -0.3 is 14.9 Å². The summed E-state index contributed by atoms with van der Waals surface area (Å²) in [6.07, 6.45) is 7.69. The summed E-state index contributed by atoms with van der Waals surface area (Å²) in [6.45, 7) is 13.0. The fourth-order valence-electron chi connectivity index (χ4n) is 6.94. The molecular weight excluding hydrogens is 592 g/mol. The topological polar surface area (TPSA) is 74.4 Å². The van der Waals surface area contributed by atoms with Gasteiger partial charge in [-0.05, 0) is 69.0 Å². The number of nitrogens with zero attached hydrogens (tertiary/aromatic N) is 2. The molecule has 6 rings (SSSR count). The number of aromatic hydroxyl groups is 2. The molecule has 1 saturated carbocycles. The van der Waals surface area contributed by atoms with Gasteiger partial charge in [0, 0.05) is 40.2 Å². The molecule has 0 saturated heterocycles. The van der Waals surface area contributed by atoms with Gasteiger partial charge in [-0.2, -0.15) is 0 Å². The van der Waals surface area contributed by atoms with Crippen molar-refractivity contribution in [3.63, 3.8) is 0 Å². The molecule has 248 valence electrons. The van der Waals surface area contributed by atoms with Crippen LogP contribution in [0.25, 0.3) is 32.7 Å². The predicted octanol–water partition coefficient (Wildman–Crippen LogP) is 10.5. The lowest BCUT2D eigenvalue weighted by Gasteiger charge is -2.28. The van der Waals surface area contributed by atoms with Gasteiger partial charge in [-0.15, -0.1) is 0 Å². The summed E-state index contributed by atoms with van der Waals surface area (Å²) >= 11 is 0. The van der Waals surface area contributed by atoms with Crippen LogP contribution >= 0.6 is 0 Å². The van der Waals surface area contributed by atoms with Gasteiger partial charge in [0.05, 0.1) is 19.2 Å². The summed E-state index contributed by atoms with van der Waals surface area (Å²) in [7, 11) is 1.67. The Bertz CT molecular complexity index is 2030. The molecular formula is C43H48N2O3. The molecule has 0 heterocycles. The number of aliphatic imine (C=N–C) groups is 2. The first-order chi connectivity index (χ1) is 22.9. The van der Waals surface area contributed by atoms with E-state index in [2.05, 4.69) is 77.9 Å². The number of methoxy groups -OCH3 is 1. The van der Waals surface area contributed by atoms with E-state index >= 15 is 0 Å². The van der Waals surface area contributed by atoms with Gasteiger partial charge in [0.15, 0.2) is 0 Å². The van der Waals surface area contributed by atoms with Gasteiger partial charge >= 0.3 is 0 Å². The molecule has 1 aliphatic carbocycles. The Balaban J connectivity index is 1.40. The van der Waals surface area contributed by atoms with Crippen LogP contribution in [0.5, 0.6) is 17.2 Å². The minimum atomic E-state index is -0.206. The zero-order valence-electron chi connectivity index (χ0n) is 29.3. The first-order valence-corrected chi connectivity index (χ1v) is 17.1. The molecule has 1 fully saturated rings. The molecule has 5 aromatic carbocycles. The van der Waals surface area contributed by atoms with E-state index in [0.29, 0.717) is 17.1 Å². The monoisotopic (exact) mass is 640 g/mol. The van der Waals surface area contributed by atoms with Crippen molar-refractivity contribution >= 4 is 34.0 Å². The minimum Gasteiger partial charge on any atom is -0.507 e. The van der Waals surface area contributed by atoms with Crippen LogP contribution in [0.4, 0.5) is 0 Å². The Morgan fingerprint density at radius 3 is 1.79 bits per heavy atom. The van der Waals surface area contributed by atoms with Gasteiger partial charge in [0.2, 0.25) is 0 Å². The second kappa shape index (κ2) is 13.1. The largest absolute Gasteiger partial charge is 0.507 e. The van der Waals surface area contributed by atoms with Gasteiger partial charge in [0.1, 0.15) is 17.2 Å². The van der Waals surface area contributed by atoms with E-state index in [9.17, 15) is 10.2 Å². The Hall–Kier alpha value is -4.64. The highest BCUT2D eigenvalue weighted by atomic mass is 16.5. The van der Waals surface area contributed by atoms with E-state index in [1.54, 1.807) is 7.11 Å². The van der Waals surface area contributed by atoms with Crippen LogP contribution in [0.1, 0.15) is 89.5 Å². The van der Waals surface area contributed by atoms with E-state index in [1.165, 1.54) is 5.56 Å². The van der Waals surface area contributed by atoms with E-state index in [1.807, 2.05) is 54.9 Å². The molecule has 0 aromatic heterocycles. The second-order valence-electron chi connectivity index (χ2n) is 15.2. The molecule has 5 heteroatoms. The van der Waals surface area contributed by atoms with Crippen molar-refractivity contribution in [1.82, 2.24) is 0 Å². The quantitative estimate of drug-likeness (QED) is 0.181. The van der Waals surface area contributed by atoms with Gasteiger partial charge in [-0.3, -0.25) is 9.98 Å². The Morgan fingerprint density at radius 2 is 1.21 bits per heavy atom. The Morgan fingerprint density at radius 1 is 0.646 bits per heavy atom. The normalized spacial score (nSPS) is 17.6. The molecule has 0 bridgehead atoms. The number of phenols is 2. The smallest absolute Gasteiger partial charge is 0.132 e. The molecule has 0 amide bonds. The Labute approximate surface area is 285 Å². The first-order valence-electron chi connectivity index (χ1n) is 17.1. The maximum atomic E-state index is 12.0. The summed E-state index contributed by atoms with van der Waals surface area (Å²) in [6, 6.07) is 26.5. The van der Waals surface area contributed by atoms with E-state index in [4.69, 9.17) is 14.7 Å². The van der Waals surface area contributed by atoms with Gasteiger partial charge in [-0.25, -0.2) is 0 Å². The standard InChI is InChI=1S/C43H48N2O3/c1-42(2,3)31-23-30(40(46)34(24-31)43(4,5)6)26-45-36-19-13-12-18-35(36)44-25-29-22-28-15-9-11-17-33(28)39(41(29)47)38-32-16-10-8-14-27(32)20-21-37(38)48-7/h8-11,14-17,20-26,35-36,46-47H,12-13,18-19H2,1-7H3/t35-,36-/m1/s1. The zero-order chi connectivity index (χ0) is 34.2. The summed E-state index contributed by atoms with van der Waals surface area (Å²) in [5, 5.41) is 27.4. The highest BCUT2D eigenvalue weighted by molar-refractivity contribution is 6.12. The maximum Gasteiger partial charge on any atom is 0.132 e. The van der Waals surface area contributed by atoms with E-state index < -0.39 is 0 Å². The summed E-state index contributed by atoms with van der Waals surface area (Å²) in [5.74, 6) is 1.19. The summed E-state index contributed by atoms with van der Waals surface area (Å²) in [5.41, 5.74) is 4.86. The minimum absolute atomic E-state index is 0.0222. The van der Waals surface area contributed by atoms with Crippen molar-refractivity contribution in [2.24, 2.45) is 9.98 Å². The average Bonchev–Trinajstić information content (AvgIpc) is 3.06. The zero-order valence-corrected chi connectivity index (χ0v) is 29.3. The highest BCUT2D eigenvalue weighted by Gasteiger charge is 2.27. The van der Waals surface area contributed by atoms with Crippen molar-refractivity contribution in [2.45, 2.75) is 90.1 Å². The number of fused-ring (bicyclic) bond motifs is 2. The second-order valence-corrected chi connectivity index (χ2v) is 15.2. The van der Waals surface area contributed by atoms with E-state index in [0.717, 1.165) is 69.5 Å². The predicted molar refractivity (Wildman–Crippen MR) is 202 cm³/mol. The molecule has 5 aromatic rings. The molecule has 0 aliphatic heterocycles. The van der Waals surface area contributed by atoms with Gasteiger partial charge in [-0.1, -0.05) is 115 Å². The lowest BCUT2D eigenvalue weighted by Crippen LogP contribution is -2.27. The average molecular weight is 641 g/mol. The molecule has 0 radical (unpaired) electrons. The van der Waals surface area contributed by atoms with Crippen LogP contribution in [0, 0.1) is 0 Å². The third-order valence-electron chi connectivity index (χ3n) is 9.73.